The van der Waals surface area contributed by atoms with E-state index in [4.69, 9.17) is 4.42 Å². The van der Waals surface area contributed by atoms with Gasteiger partial charge in [0, 0.05) is 5.69 Å². The van der Waals surface area contributed by atoms with Crippen molar-refractivity contribution in [3.8, 4) is 0 Å². The monoisotopic (exact) mass is 216 g/mol. The van der Waals surface area contributed by atoms with Crippen LogP contribution in [0.15, 0.2) is 41.0 Å². The molecule has 4 heteroatoms. The zero-order valence-corrected chi connectivity index (χ0v) is 8.93. The Morgan fingerprint density at radius 2 is 2.25 bits per heavy atom. The minimum atomic E-state index is -0.228. The van der Waals surface area contributed by atoms with Crippen LogP contribution >= 0.6 is 0 Å². The molecular weight excluding hydrogens is 204 g/mol. The van der Waals surface area contributed by atoms with E-state index in [1.54, 1.807) is 12.1 Å². The normalized spacial score (nSPS) is 10.1. The molecule has 0 fully saturated rings. The van der Waals surface area contributed by atoms with Gasteiger partial charge in [-0.15, -0.1) is 0 Å². The number of furan rings is 1. The highest BCUT2D eigenvalue weighted by Gasteiger charge is 2.07. The average Bonchev–Trinajstić information content (AvgIpc) is 2.79. The summed E-state index contributed by atoms with van der Waals surface area (Å²) < 4.78 is 4.97. The van der Waals surface area contributed by atoms with E-state index in [0.717, 1.165) is 11.4 Å². The van der Waals surface area contributed by atoms with Gasteiger partial charge < -0.3 is 9.73 Å². The second kappa shape index (κ2) is 4.61. The molecule has 2 rings (SSSR count). The van der Waals surface area contributed by atoms with Crippen LogP contribution in [0.5, 0.6) is 0 Å². The number of pyridine rings is 1. The maximum atomic E-state index is 11.5. The quantitative estimate of drug-likeness (QED) is 0.852. The number of nitrogens with one attached hydrogen (secondary N) is 1. The van der Waals surface area contributed by atoms with Gasteiger partial charge in [-0.3, -0.25) is 9.78 Å². The largest absolute Gasteiger partial charge is 0.459 e. The molecule has 0 aliphatic rings. The van der Waals surface area contributed by atoms with Crippen LogP contribution in [0.3, 0.4) is 0 Å². The molecule has 0 bridgehead atoms. The lowest BCUT2D eigenvalue weighted by Crippen LogP contribution is -2.22. The highest BCUT2D eigenvalue weighted by Crippen LogP contribution is 2.01. The number of hydrogen-bond donors (Lipinski definition) is 1. The Labute approximate surface area is 93.3 Å². The molecule has 82 valence electrons. The molecule has 0 saturated heterocycles. The van der Waals surface area contributed by atoms with Gasteiger partial charge in [0.25, 0.3) is 5.91 Å². The molecule has 1 N–H and O–H groups in total. The lowest BCUT2D eigenvalue weighted by atomic mass is 10.3. The lowest BCUT2D eigenvalue weighted by molar-refractivity contribution is 0.0922. The summed E-state index contributed by atoms with van der Waals surface area (Å²) in [6, 6.07) is 9.00. The first-order chi connectivity index (χ1) is 7.75. The van der Waals surface area contributed by atoms with E-state index in [1.165, 1.54) is 6.26 Å². The van der Waals surface area contributed by atoms with Crippen molar-refractivity contribution in [3.63, 3.8) is 0 Å². The van der Waals surface area contributed by atoms with E-state index in [-0.39, 0.29) is 5.91 Å². The van der Waals surface area contributed by atoms with Gasteiger partial charge in [-0.25, -0.2) is 0 Å². The Morgan fingerprint density at radius 1 is 1.38 bits per heavy atom. The predicted molar refractivity (Wildman–Crippen MR) is 58.9 cm³/mol. The second-order valence-corrected chi connectivity index (χ2v) is 3.43. The Kier molecular flexibility index (Phi) is 3.00. The zero-order chi connectivity index (χ0) is 11.4. The molecule has 0 unspecified atom stereocenters. The second-order valence-electron chi connectivity index (χ2n) is 3.43. The van der Waals surface area contributed by atoms with Crippen LogP contribution in [0.2, 0.25) is 0 Å². The molecule has 16 heavy (non-hydrogen) atoms. The first kappa shape index (κ1) is 10.4. The average molecular weight is 216 g/mol. The van der Waals surface area contributed by atoms with Gasteiger partial charge in [-0.05, 0) is 31.2 Å². The van der Waals surface area contributed by atoms with E-state index in [9.17, 15) is 4.79 Å². The minimum absolute atomic E-state index is 0.228. The lowest BCUT2D eigenvalue weighted by Gasteiger charge is -2.03. The fourth-order valence-electron chi connectivity index (χ4n) is 1.36. The van der Waals surface area contributed by atoms with Crippen molar-refractivity contribution in [2.45, 2.75) is 13.5 Å². The maximum absolute atomic E-state index is 11.5. The van der Waals surface area contributed by atoms with Crippen molar-refractivity contribution in [2.24, 2.45) is 0 Å². The molecule has 1 amide bonds. The number of hydrogen-bond acceptors (Lipinski definition) is 3. The smallest absolute Gasteiger partial charge is 0.287 e. The van der Waals surface area contributed by atoms with Gasteiger partial charge in [-0.1, -0.05) is 6.07 Å². The van der Waals surface area contributed by atoms with Gasteiger partial charge >= 0.3 is 0 Å². The number of aryl methyl sites for hydroxylation is 1. The van der Waals surface area contributed by atoms with E-state index in [2.05, 4.69) is 10.3 Å². The molecular formula is C12H12N2O2. The molecule has 2 heterocycles. The molecule has 0 radical (unpaired) electrons. The Balaban J connectivity index is 1.95. The number of nitrogens with zero attached hydrogens (tertiary/aromatic N) is 1. The molecule has 4 nitrogen and oxygen atoms in total. The van der Waals surface area contributed by atoms with Crippen LogP contribution in [0.25, 0.3) is 0 Å². The summed E-state index contributed by atoms with van der Waals surface area (Å²) in [4.78, 5) is 15.8. The summed E-state index contributed by atoms with van der Waals surface area (Å²) in [5, 5.41) is 2.73. The third-order valence-electron chi connectivity index (χ3n) is 2.12. The highest BCUT2D eigenvalue weighted by atomic mass is 16.3. The summed E-state index contributed by atoms with van der Waals surface area (Å²) in [6.07, 6.45) is 1.47. The van der Waals surface area contributed by atoms with Gasteiger partial charge in [0.15, 0.2) is 5.76 Å². The molecule has 0 aliphatic heterocycles. The molecule has 0 saturated carbocycles. The number of amides is 1. The topological polar surface area (TPSA) is 55.1 Å². The van der Waals surface area contributed by atoms with Crippen molar-refractivity contribution in [2.75, 3.05) is 0 Å². The third kappa shape index (κ3) is 2.48. The number of aromatic nitrogens is 1. The van der Waals surface area contributed by atoms with Crippen molar-refractivity contribution < 1.29 is 9.21 Å². The third-order valence-corrected chi connectivity index (χ3v) is 2.12. The van der Waals surface area contributed by atoms with Crippen LogP contribution in [-0.2, 0) is 6.54 Å². The summed E-state index contributed by atoms with van der Waals surface area (Å²) in [6.45, 7) is 2.32. The fourth-order valence-corrected chi connectivity index (χ4v) is 1.36. The summed E-state index contributed by atoms with van der Waals surface area (Å²) in [5.41, 5.74) is 1.77. The van der Waals surface area contributed by atoms with Crippen LogP contribution in [0.1, 0.15) is 21.9 Å². The Bertz CT molecular complexity index is 478. The zero-order valence-electron chi connectivity index (χ0n) is 8.93. The maximum Gasteiger partial charge on any atom is 0.287 e. The highest BCUT2D eigenvalue weighted by molar-refractivity contribution is 5.91. The first-order valence-corrected chi connectivity index (χ1v) is 5.00. The SMILES string of the molecule is Cc1cccc(CNC(=O)c2ccco2)n1. The Hall–Kier alpha value is -2.10. The molecule has 2 aromatic heterocycles. The first-order valence-electron chi connectivity index (χ1n) is 5.00. The van der Waals surface area contributed by atoms with Crippen molar-refractivity contribution in [3.05, 3.63) is 53.7 Å². The molecule has 0 atom stereocenters. The van der Waals surface area contributed by atoms with E-state index >= 15 is 0 Å². The van der Waals surface area contributed by atoms with Gasteiger partial charge in [0.1, 0.15) is 0 Å². The molecule has 0 aliphatic carbocycles. The van der Waals surface area contributed by atoms with Crippen LogP contribution in [0, 0.1) is 6.92 Å². The van der Waals surface area contributed by atoms with E-state index < -0.39 is 0 Å². The van der Waals surface area contributed by atoms with Crippen molar-refractivity contribution >= 4 is 5.91 Å². The number of carbonyl (C=O) groups is 1. The van der Waals surface area contributed by atoms with Crippen LogP contribution in [-0.4, -0.2) is 10.9 Å². The van der Waals surface area contributed by atoms with Gasteiger partial charge in [-0.2, -0.15) is 0 Å². The molecule has 0 aromatic carbocycles. The van der Waals surface area contributed by atoms with Crippen molar-refractivity contribution in [1.29, 1.82) is 0 Å². The van der Waals surface area contributed by atoms with Gasteiger partial charge in [0.2, 0.25) is 0 Å². The summed E-state index contributed by atoms with van der Waals surface area (Å²) >= 11 is 0. The van der Waals surface area contributed by atoms with E-state index in [1.807, 2.05) is 25.1 Å². The van der Waals surface area contributed by atoms with Gasteiger partial charge in [0.05, 0.1) is 18.5 Å². The molecule has 0 spiro atoms. The number of carbonyl (C=O) groups excluding carboxylic acids is 1. The predicted octanol–water partition coefficient (Wildman–Crippen LogP) is 1.91. The summed E-state index contributed by atoms with van der Waals surface area (Å²) in [7, 11) is 0. The van der Waals surface area contributed by atoms with Crippen LogP contribution in [0.4, 0.5) is 0 Å². The summed E-state index contributed by atoms with van der Waals surface area (Å²) in [5.74, 6) is 0.0842. The molecule has 2 aromatic rings. The Morgan fingerprint density at radius 3 is 2.94 bits per heavy atom. The van der Waals surface area contributed by atoms with E-state index in [0.29, 0.717) is 12.3 Å². The standard InChI is InChI=1S/C12H12N2O2/c1-9-4-2-5-10(14-9)8-13-12(15)11-6-3-7-16-11/h2-7H,8H2,1H3,(H,13,15). The van der Waals surface area contributed by atoms with Crippen LogP contribution < -0.4 is 5.32 Å². The fraction of sp³-hybridized carbons (Fsp3) is 0.167. The number of rotatable bonds is 3. The minimum Gasteiger partial charge on any atom is -0.459 e. The van der Waals surface area contributed by atoms with Crippen molar-refractivity contribution in [1.82, 2.24) is 10.3 Å².